The van der Waals surface area contributed by atoms with E-state index in [1.807, 2.05) is 6.07 Å². The number of carbonyl (C=O) groups excluding carboxylic acids is 2. The maximum Gasteiger partial charge on any atom is 0.330 e. The minimum Gasteiger partial charge on any atom is -0.483 e. The molecule has 20 heavy (non-hydrogen) atoms. The van der Waals surface area contributed by atoms with Crippen molar-refractivity contribution < 1.29 is 19.1 Å². The molecule has 5 nitrogen and oxygen atoms in total. The molecule has 1 aromatic rings. The van der Waals surface area contributed by atoms with Crippen LogP contribution in [0.25, 0.3) is 6.08 Å². The molecule has 104 valence electrons. The van der Waals surface area contributed by atoms with E-state index in [4.69, 9.17) is 4.74 Å². The molecule has 1 saturated heterocycles. The van der Waals surface area contributed by atoms with E-state index in [0.717, 1.165) is 5.56 Å². The van der Waals surface area contributed by atoms with Gasteiger partial charge < -0.3 is 14.8 Å². The van der Waals surface area contributed by atoms with Crippen molar-refractivity contribution in [1.82, 2.24) is 5.32 Å². The molecular formula is C15H15NO4. The van der Waals surface area contributed by atoms with Crippen LogP contribution in [0, 0.1) is 0 Å². The van der Waals surface area contributed by atoms with Crippen molar-refractivity contribution in [3.05, 3.63) is 35.4 Å². The average Bonchev–Trinajstić information content (AvgIpc) is 2.43. The highest BCUT2D eigenvalue weighted by atomic mass is 16.5. The van der Waals surface area contributed by atoms with Crippen molar-refractivity contribution in [2.24, 2.45) is 0 Å². The molecule has 0 saturated carbocycles. The standard InChI is InChI=1S/C15H15NO4/c1-19-14(18)5-3-10-2-4-13-11(6-10)12(17)7-15(20-13)8-16-9-15/h2-6,16H,7-9H2,1H3/b5-3+. The quantitative estimate of drug-likeness (QED) is 0.647. The molecule has 0 amide bonds. The number of nitrogens with one attached hydrogen (secondary N) is 1. The molecule has 0 aliphatic carbocycles. The molecule has 1 spiro atoms. The first-order valence-electron chi connectivity index (χ1n) is 6.45. The van der Waals surface area contributed by atoms with Gasteiger partial charge in [0.25, 0.3) is 0 Å². The minimum absolute atomic E-state index is 0.0843. The van der Waals surface area contributed by atoms with E-state index in [0.29, 0.717) is 30.8 Å². The first kappa shape index (κ1) is 12.9. The molecule has 3 rings (SSSR count). The van der Waals surface area contributed by atoms with Crippen LogP contribution in [-0.4, -0.2) is 37.6 Å². The average molecular weight is 273 g/mol. The Morgan fingerprint density at radius 1 is 1.45 bits per heavy atom. The predicted molar refractivity (Wildman–Crippen MR) is 72.7 cm³/mol. The number of rotatable bonds is 2. The Kier molecular flexibility index (Phi) is 3.06. The van der Waals surface area contributed by atoms with Gasteiger partial charge in [-0.3, -0.25) is 4.79 Å². The lowest BCUT2D eigenvalue weighted by Gasteiger charge is -2.44. The second-order valence-electron chi connectivity index (χ2n) is 5.10. The molecule has 0 unspecified atom stereocenters. The van der Waals surface area contributed by atoms with Gasteiger partial charge in [0.15, 0.2) is 5.78 Å². The second-order valence-corrected chi connectivity index (χ2v) is 5.10. The zero-order valence-corrected chi connectivity index (χ0v) is 11.1. The van der Waals surface area contributed by atoms with E-state index in [-0.39, 0.29) is 11.4 Å². The number of Topliss-reactive ketones (excluding diaryl/α,β-unsaturated/α-hetero) is 1. The molecule has 0 atom stereocenters. The lowest BCUT2D eigenvalue weighted by atomic mass is 9.85. The molecule has 1 fully saturated rings. The van der Waals surface area contributed by atoms with Gasteiger partial charge >= 0.3 is 5.97 Å². The summed E-state index contributed by atoms with van der Waals surface area (Å²) in [6, 6.07) is 5.34. The zero-order valence-electron chi connectivity index (χ0n) is 11.1. The number of benzene rings is 1. The smallest absolute Gasteiger partial charge is 0.330 e. The molecule has 2 aliphatic rings. The fourth-order valence-corrected chi connectivity index (χ4v) is 2.45. The van der Waals surface area contributed by atoms with Gasteiger partial charge in [0.05, 0.1) is 19.1 Å². The van der Waals surface area contributed by atoms with Crippen LogP contribution in [0.4, 0.5) is 0 Å². The minimum atomic E-state index is -0.426. The van der Waals surface area contributed by atoms with Gasteiger partial charge in [-0.15, -0.1) is 0 Å². The van der Waals surface area contributed by atoms with E-state index < -0.39 is 5.97 Å². The number of carbonyl (C=O) groups is 2. The maximum absolute atomic E-state index is 12.2. The largest absolute Gasteiger partial charge is 0.483 e. The fourth-order valence-electron chi connectivity index (χ4n) is 2.45. The predicted octanol–water partition coefficient (Wildman–Crippen LogP) is 1.18. The van der Waals surface area contributed by atoms with Crippen LogP contribution in [0.3, 0.4) is 0 Å². The van der Waals surface area contributed by atoms with Crippen molar-refractivity contribution in [3.8, 4) is 5.75 Å². The van der Waals surface area contributed by atoms with Crippen LogP contribution in [0.1, 0.15) is 22.3 Å². The number of esters is 1. The summed E-state index contributed by atoms with van der Waals surface area (Å²) < 4.78 is 10.5. The Labute approximate surface area is 116 Å². The zero-order chi connectivity index (χ0) is 14.2. The van der Waals surface area contributed by atoms with Gasteiger partial charge in [-0.05, 0) is 23.8 Å². The Morgan fingerprint density at radius 3 is 2.90 bits per heavy atom. The van der Waals surface area contributed by atoms with Crippen LogP contribution in [0.5, 0.6) is 5.75 Å². The van der Waals surface area contributed by atoms with E-state index in [1.165, 1.54) is 13.2 Å². The summed E-state index contributed by atoms with van der Waals surface area (Å²) in [6.45, 7) is 1.42. The van der Waals surface area contributed by atoms with Crippen molar-refractivity contribution in [2.45, 2.75) is 12.0 Å². The van der Waals surface area contributed by atoms with Crippen molar-refractivity contribution in [2.75, 3.05) is 20.2 Å². The second kappa shape index (κ2) is 4.76. The van der Waals surface area contributed by atoms with Crippen LogP contribution in [-0.2, 0) is 9.53 Å². The Balaban J connectivity index is 1.86. The molecule has 1 N–H and O–H groups in total. The summed E-state index contributed by atoms with van der Waals surface area (Å²) in [5.41, 5.74) is 0.997. The monoisotopic (exact) mass is 273 g/mol. The van der Waals surface area contributed by atoms with Crippen molar-refractivity contribution in [1.29, 1.82) is 0 Å². The van der Waals surface area contributed by atoms with E-state index in [1.54, 1.807) is 18.2 Å². The summed E-state index contributed by atoms with van der Waals surface area (Å²) in [5.74, 6) is 0.281. The van der Waals surface area contributed by atoms with E-state index in [2.05, 4.69) is 10.1 Å². The number of ketones is 1. The van der Waals surface area contributed by atoms with Crippen molar-refractivity contribution in [3.63, 3.8) is 0 Å². The summed E-state index contributed by atoms with van der Waals surface area (Å²) in [6.07, 6.45) is 3.35. The molecule has 0 bridgehead atoms. The Morgan fingerprint density at radius 2 is 2.25 bits per heavy atom. The third-order valence-electron chi connectivity index (χ3n) is 3.62. The highest BCUT2D eigenvalue weighted by molar-refractivity contribution is 6.01. The lowest BCUT2D eigenvalue weighted by Crippen LogP contribution is -2.65. The van der Waals surface area contributed by atoms with Crippen LogP contribution in [0.15, 0.2) is 24.3 Å². The van der Waals surface area contributed by atoms with Gasteiger partial charge in [-0.25, -0.2) is 4.79 Å². The van der Waals surface area contributed by atoms with Gasteiger partial charge in [-0.1, -0.05) is 6.07 Å². The Bertz CT molecular complexity index is 602. The van der Waals surface area contributed by atoms with Gasteiger partial charge in [-0.2, -0.15) is 0 Å². The maximum atomic E-state index is 12.2. The van der Waals surface area contributed by atoms with E-state index in [9.17, 15) is 9.59 Å². The normalized spacial score (nSPS) is 19.4. The summed E-state index contributed by atoms with van der Waals surface area (Å²) in [5, 5.41) is 3.13. The first-order valence-corrected chi connectivity index (χ1v) is 6.45. The van der Waals surface area contributed by atoms with Gasteiger partial charge in [0.2, 0.25) is 0 Å². The molecule has 2 aliphatic heterocycles. The van der Waals surface area contributed by atoms with Gasteiger partial charge in [0.1, 0.15) is 11.4 Å². The summed E-state index contributed by atoms with van der Waals surface area (Å²) in [7, 11) is 1.32. The number of ether oxygens (including phenoxy) is 2. The van der Waals surface area contributed by atoms with E-state index >= 15 is 0 Å². The number of hydrogen-bond donors (Lipinski definition) is 1. The van der Waals surface area contributed by atoms with Crippen molar-refractivity contribution >= 4 is 17.8 Å². The molecule has 0 radical (unpaired) electrons. The third kappa shape index (κ3) is 2.20. The van der Waals surface area contributed by atoms with Crippen LogP contribution >= 0.6 is 0 Å². The Hall–Kier alpha value is -2.14. The highest BCUT2D eigenvalue weighted by Crippen LogP contribution is 2.36. The molecule has 5 heteroatoms. The molecule has 0 aromatic heterocycles. The SMILES string of the molecule is COC(=O)/C=C/c1ccc2c(c1)C(=O)CC1(CNC1)O2. The molecule has 2 heterocycles. The van der Waals surface area contributed by atoms with Crippen LogP contribution < -0.4 is 10.1 Å². The number of hydrogen-bond acceptors (Lipinski definition) is 5. The topological polar surface area (TPSA) is 64.6 Å². The van der Waals surface area contributed by atoms with Crippen LogP contribution in [0.2, 0.25) is 0 Å². The molecular weight excluding hydrogens is 258 g/mol. The molecule has 1 aromatic carbocycles. The number of fused-ring (bicyclic) bond motifs is 1. The summed E-state index contributed by atoms with van der Waals surface area (Å²) in [4.78, 5) is 23.3. The van der Waals surface area contributed by atoms with Gasteiger partial charge in [0, 0.05) is 19.2 Å². The third-order valence-corrected chi connectivity index (χ3v) is 3.62. The number of methoxy groups -OCH3 is 1. The lowest BCUT2D eigenvalue weighted by molar-refractivity contribution is -0.134. The first-order chi connectivity index (χ1) is 9.62. The fraction of sp³-hybridized carbons (Fsp3) is 0.333. The summed E-state index contributed by atoms with van der Waals surface area (Å²) >= 11 is 0. The highest BCUT2D eigenvalue weighted by Gasteiger charge is 2.45.